The molecule has 2 atom stereocenters. The van der Waals surface area contributed by atoms with Crippen LogP contribution in [0.25, 0.3) is 0 Å². The molecule has 2 aliphatic rings. The third kappa shape index (κ3) is 2.60. The fourth-order valence-corrected chi connectivity index (χ4v) is 3.60. The summed E-state index contributed by atoms with van der Waals surface area (Å²) in [6.45, 7) is 0. The maximum absolute atomic E-state index is 13.9. The molecule has 0 saturated carbocycles. The van der Waals surface area contributed by atoms with Crippen LogP contribution in [0.15, 0.2) is 12.1 Å². The zero-order valence-electron chi connectivity index (χ0n) is 11.9. The van der Waals surface area contributed by atoms with Crippen molar-refractivity contribution >= 4 is 11.6 Å². The maximum Gasteiger partial charge on any atom is 0.251 e. The molecule has 2 heterocycles. The number of hydrogen-bond acceptors (Lipinski definition) is 3. The standard InChI is InChI=1S/C15H19F2N3O/c1-20-9-2-3-10(20)5-8(4-9)19-14-6-11(15(18)21)12(16)7-13(14)17/h6-10,19H,2-5H2,1H3,(H2,18,21). The molecule has 2 unspecified atom stereocenters. The number of rotatable bonds is 3. The quantitative estimate of drug-likeness (QED) is 0.898. The average molecular weight is 295 g/mol. The Bertz CT molecular complexity index is 564. The maximum atomic E-state index is 13.9. The monoisotopic (exact) mass is 295 g/mol. The number of nitrogens with one attached hydrogen (secondary N) is 1. The molecule has 1 aromatic rings. The van der Waals surface area contributed by atoms with Crippen LogP contribution in [0.1, 0.15) is 36.0 Å². The molecule has 0 aromatic heterocycles. The highest BCUT2D eigenvalue weighted by Gasteiger charge is 2.38. The Balaban J connectivity index is 1.79. The molecular formula is C15H19F2N3O. The van der Waals surface area contributed by atoms with Crippen LogP contribution in [0.5, 0.6) is 0 Å². The van der Waals surface area contributed by atoms with Crippen molar-refractivity contribution in [3.63, 3.8) is 0 Å². The van der Waals surface area contributed by atoms with Gasteiger partial charge in [0.15, 0.2) is 0 Å². The van der Waals surface area contributed by atoms with Gasteiger partial charge in [0.05, 0.1) is 11.3 Å². The van der Waals surface area contributed by atoms with Gasteiger partial charge in [-0.1, -0.05) is 0 Å². The number of nitrogens with zero attached hydrogens (tertiary/aromatic N) is 1. The minimum Gasteiger partial charge on any atom is -0.380 e. The average Bonchev–Trinajstić information content (AvgIpc) is 2.63. The van der Waals surface area contributed by atoms with Gasteiger partial charge in [0, 0.05) is 24.2 Å². The zero-order valence-corrected chi connectivity index (χ0v) is 11.9. The van der Waals surface area contributed by atoms with Crippen molar-refractivity contribution in [3.05, 3.63) is 29.3 Å². The number of piperidine rings is 1. The first-order valence-corrected chi connectivity index (χ1v) is 7.23. The van der Waals surface area contributed by atoms with Crippen LogP contribution in [0.3, 0.4) is 0 Å². The Kier molecular flexibility index (Phi) is 3.57. The highest BCUT2D eigenvalue weighted by atomic mass is 19.1. The topological polar surface area (TPSA) is 58.4 Å². The molecule has 1 amide bonds. The Hall–Kier alpha value is -1.69. The first-order valence-electron chi connectivity index (χ1n) is 7.23. The Morgan fingerprint density at radius 2 is 1.86 bits per heavy atom. The van der Waals surface area contributed by atoms with Crippen molar-refractivity contribution in [2.24, 2.45) is 5.73 Å². The van der Waals surface area contributed by atoms with Crippen molar-refractivity contribution in [1.82, 2.24) is 4.90 Å². The summed E-state index contributed by atoms with van der Waals surface area (Å²) < 4.78 is 27.3. The summed E-state index contributed by atoms with van der Waals surface area (Å²) in [4.78, 5) is 13.5. The van der Waals surface area contributed by atoms with Gasteiger partial charge in [-0.3, -0.25) is 4.79 Å². The summed E-state index contributed by atoms with van der Waals surface area (Å²) in [5, 5.41) is 3.12. The van der Waals surface area contributed by atoms with E-state index in [1.54, 1.807) is 0 Å². The molecule has 0 radical (unpaired) electrons. The lowest BCUT2D eigenvalue weighted by Gasteiger charge is -2.37. The third-order valence-electron chi connectivity index (χ3n) is 4.78. The molecule has 2 bridgehead atoms. The lowest BCUT2D eigenvalue weighted by Crippen LogP contribution is -2.44. The van der Waals surface area contributed by atoms with Gasteiger partial charge >= 0.3 is 0 Å². The lowest BCUT2D eigenvalue weighted by atomic mass is 9.97. The molecule has 2 aliphatic heterocycles. The van der Waals surface area contributed by atoms with Crippen molar-refractivity contribution < 1.29 is 13.6 Å². The fourth-order valence-electron chi connectivity index (χ4n) is 3.60. The summed E-state index contributed by atoms with van der Waals surface area (Å²) in [7, 11) is 2.13. The SMILES string of the molecule is CN1C2CCC1CC(Nc1cc(C(N)=O)c(F)cc1F)C2. The van der Waals surface area contributed by atoms with E-state index in [0.717, 1.165) is 25.7 Å². The van der Waals surface area contributed by atoms with Gasteiger partial charge in [-0.15, -0.1) is 0 Å². The lowest BCUT2D eigenvalue weighted by molar-refractivity contribution is 0.0996. The summed E-state index contributed by atoms with van der Waals surface area (Å²) in [6, 6.07) is 3.05. The third-order valence-corrected chi connectivity index (χ3v) is 4.78. The number of fused-ring (bicyclic) bond motifs is 2. The Morgan fingerprint density at radius 3 is 2.43 bits per heavy atom. The molecular weight excluding hydrogens is 276 g/mol. The summed E-state index contributed by atoms with van der Waals surface area (Å²) in [6.07, 6.45) is 4.18. The number of hydrogen-bond donors (Lipinski definition) is 2. The number of halogens is 2. The van der Waals surface area contributed by atoms with E-state index in [9.17, 15) is 13.6 Å². The minimum atomic E-state index is -0.922. The molecule has 0 aliphatic carbocycles. The number of carbonyl (C=O) groups is 1. The van der Waals surface area contributed by atoms with E-state index < -0.39 is 17.5 Å². The predicted octanol–water partition coefficient (Wildman–Crippen LogP) is 2.10. The molecule has 4 nitrogen and oxygen atoms in total. The smallest absolute Gasteiger partial charge is 0.251 e. The molecule has 3 rings (SSSR count). The molecule has 0 spiro atoms. The first-order chi connectivity index (χ1) is 9.95. The van der Waals surface area contributed by atoms with Gasteiger partial charge in [0.25, 0.3) is 5.91 Å². The van der Waals surface area contributed by atoms with E-state index in [4.69, 9.17) is 5.73 Å². The number of primary amides is 1. The number of carbonyl (C=O) groups excluding carboxylic acids is 1. The van der Waals surface area contributed by atoms with Crippen LogP contribution in [-0.2, 0) is 0 Å². The zero-order chi connectivity index (χ0) is 15.1. The van der Waals surface area contributed by atoms with Crippen molar-refractivity contribution in [3.8, 4) is 0 Å². The minimum absolute atomic E-state index is 0.138. The molecule has 1 aromatic carbocycles. The highest BCUT2D eigenvalue weighted by molar-refractivity contribution is 5.94. The largest absolute Gasteiger partial charge is 0.380 e. The van der Waals surface area contributed by atoms with Crippen LogP contribution < -0.4 is 11.1 Å². The van der Waals surface area contributed by atoms with Crippen molar-refractivity contribution in [2.45, 2.75) is 43.8 Å². The van der Waals surface area contributed by atoms with Crippen LogP contribution in [0.2, 0.25) is 0 Å². The number of amides is 1. The normalized spacial score (nSPS) is 28.6. The van der Waals surface area contributed by atoms with Crippen LogP contribution in [-0.4, -0.2) is 36.0 Å². The number of anilines is 1. The van der Waals surface area contributed by atoms with E-state index in [1.165, 1.54) is 6.07 Å². The van der Waals surface area contributed by atoms with Gasteiger partial charge in [-0.2, -0.15) is 0 Å². The van der Waals surface area contributed by atoms with Gasteiger partial charge < -0.3 is 16.0 Å². The second-order valence-electron chi connectivity index (χ2n) is 6.04. The van der Waals surface area contributed by atoms with E-state index >= 15 is 0 Å². The second-order valence-corrected chi connectivity index (χ2v) is 6.04. The van der Waals surface area contributed by atoms with E-state index in [0.29, 0.717) is 18.2 Å². The van der Waals surface area contributed by atoms with Crippen molar-refractivity contribution in [1.29, 1.82) is 0 Å². The van der Waals surface area contributed by atoms with Gasteiger partial charge in [-0.25, -0.2) is 8.78 Å². The molecule has 114 valence electrons. The van der Waals surface area contributed by atoms with E-state index in [2.05, 4.69) is 17.3 Å². The van der Waals surface area contributed by atoms with Crippen LogP contribution in [0, 0.1) is 11.6 Å². The van der Waals surface area contributed by atoms with E-state index in [-0.39, 0.29) is 17.3 Å². The summed E-state index contributed by atoms with van der Waals surface area (Å²) >= 11 is 0. The second kappa shape index (κ2) is 5.26. The van der Waals surface area contributed by atoms with Gasteiger partial charge in [-0.05, 0) is 38.8 Å². The number of benzene rings is 1. The number of nitrogens with two attached hydrogens (primary N) is 1. The molecule has 3 N–H and O–H groups in total. The Morgan fingerprint density at radius 1 is 1.24 bits per heavy atom. The summed E-state index contributed by atoms with van der Waals surface area (Å²) in [5.41, 5.74) is 4.97. The Labute approximate surface area is 122 Å². The fraction of sp³-hybridized carbons (Fsp3) is 0.533. The summed E-state index contributed by atoms with van der Waals surface area (Å²) in [5.74, 6) is -2.50. The van der Waals surface area contributed by atoms with E-state index in [1.807, 2.05) is 0 Å². The highest BCUT2D eigenvalue weighted by Crippen LogP contribution is 2.35. The molecule has 21 heavy (non-hydrogen) atoms. The van der Waals surface area contributed by atoms with Gasteiger partial charge in [0.1, 0.15) is 11.6 Å². The molecule has 2 saturated heterocycles. The van der Waals surface area contributed by atoms with Crippen LogP contribution >= 0.6 is 0 Å². The molecule has 2 fully saturated rings. The first kappa shape index (κ1) is 14.3. The predicted molar refractivity (Wildman–Crippen MR) is 76.1 cm³/mol. The van der Waals surface area contributed by atoms with Gasteiger partial charge in [0.2, 0.25) is 0 Å². The molecule has 6 heteroatoms. The van der Waals surface area contributed by atoms with Crippen LogP contribution in [0.4, 0.5) is 14.5 Å². The van der Waals surface area contributed by atoms with Crippen molar-refractivity contribution in [2.75, 3.05) is 12.4 Å².